The first-order chi connectivity index (χ1) is 5.13. The highest BCUT2D eigenvalue weighted by Gasteiger charge is 2.08. The van der Waals surface area contributed by atoms with Crippen LogP contribution in [0.3, 0.4) is 0 Å². The van der Waals surface area contributed by atoms with E-state index in [0.29, 0.717) is 0 Å². The van der Waals surface area contributed by atoms with Crippen molar-refractivity contribution in [2.45, 2.75) is 13.8 Å². The fourth-order valence-electron chi connectivity index (χ4n) is 0.791. The maximum Gasteiger partial charge on any atom is 0.222 e. The van der Waals surface area contributed by atoms with E-state index in [1.54, 1.807) is 0 Å². The summed E-state index contributed by atoms with van der Waals surface area (Å²) in [7, 11) is 1.90. The van der Waals surface area contributed by atoms with E-state index >= 15 is 0 Å². The summed E-state index contributed by atoms with van der Waals surface area (Å²) in [5.41, 5.74) is 1.82. The van der Waals surface area contributed by atoms with Gasteiger partial charge in [-0.3, -0.25) is 0 Å². The molecule has 0 aliphatic rings. The van der Waals surface area contributed by atoms with Gasteiger partial charge in [-0.05, 0) is 13.8 Å². The van der Waals surface area contributed by atoms with Crippen LogP contribution >= 0.6 is 0 Å². The fourth-order valence-corrected chi connectivity index (χ4v) is 0.791. The van der Waals surface area contributed by atoms with Crippen molar-refractivity contribution in [3.8, 4) is 0 Å². The van der Waals surface area contributed by atoms with Gasteiger partial charge in [0, 0.05) is 12.7 Å². The minimum atomic E-state index is 0.762. The molecule has 3 nitrogen and oxygen atoms in total. The van der Waals surface area contributed by atoms with Gasteiger partial charge in [-0.25, -0.2) is 4.98 Å². The van der Waals surface area contributed by atoms with Gasteiger partial charge in [0.25, 0.3) is 0 Å². The van der Waals surface area contributed by atoms with Crippen LogP contribution in [-0.4, -0.2) is 12.0 Å². The van der Waals surface area contributed by atoms with E-state index < -0.39 is 0 Å². The molecule has 3 heteroatoms. The highest BCUT2D eigenvalue weighted by Crippen LogP contribution is 2.19. The summed E-state index contributed by atoms with van der Waals surface area (Å²) in [6.07, 6.45) is 1.43. The third kappa shape index (κ3) is 1.42. The van der Waals surface area contributed by atoms with Crippen molar-refractivity contribution in [3.63, 3.8) is 0 Å². The Balaban J connectivity index is 2.92. The van der Waals surface area contributed by atoms with Crippen molar-refractivity contribution < 1.29 is 4.42 Å². The quantitative estimate of drug-likeness (QED) is 0.648. The van der Waals surface area contributed by atoms with Crippen LogP contribution < -0.4 is 4.90 Å². The topological polar surface area (TPSA) is 29.3 Å². The number of hydrogen-bond donors (Lipinski definition) is 0. The Morgan fingerprint density at radius 2 is 2.36 bits per heavy atom. The number of rotatable bonds is 2. The number of oxazole rings is 1. The van der Waals surface area contributed by atoms with Crippen molar-refractivity contribution in [1.82, 2.24) is 4.98 Å². The Bertz CT molecular complexity index is 265. The van der Waals surface area contributed by atoms with Crippen LogP contribution in [0.25, 0.3) is 0 Å². The molecule has 1 aromatic heterocycles. The molecule has 0 unspecified atom stereocenters. The molecule has 1 aromatic rings. The molecule has 0 bridgehead atoms. The lowest BCUT2D eigenvalue weighted by atomic mass is 10.4. The number of nitrogens with zero attached hydrogens (tertiary/aromatic N) is 2. The zero-order valence-electron chi connectivity index (χ0n) is 7.09. The second kappa shape index (κ2) is 2.78. The lowest BCUT2D eigenvalue weighted by molar-refractivity contribution is 0.556. The first-order valence-corrected chi connectivity index (χ1v) is 3.42. The van der Waals surface area contributed by atoms with Gasteiger partial charge in [0.2, 0.25) is 5.88 Å². The van der Waals surface area contributed by atoms with E-state index in [1.165, 1.54) is 6.39 Å². The van der Waals surface area contributed by atoms with E-state index in [-0.39, 0.29) is 0 Å². The van der Waals surface area contributed by atoms with E-state index in [0.717, 1.165) is 17.3 Å². The van der Waals surface area contributed by atoms with Crippen LogP contribution in [0.1, 0.15) is 12.6 Å². The average molecular weight is 152 g/mol. The molecule has 0 radical (unpaired) electrons. The molecular formula is C8H12N2O. The molecule has 1 heterocycles. The average Bonchev–Trinajstić information content (AvgIpc) is 2.33. The third-order valence-corrected chi connectivity index (χ3v) is 1.60. The number of anilines is 1. The van der Waals surface area contributed by atoms with Crippen LogP contribution in [-0.2, 0) is 0 Å². The number of aryl methyl sites for hydroxylation is 1. The summed E-state index contributed by atoms with van der Waals surface area (Å²) >= 11 is 0. The van der Waals surface area contributed by atoms with Crippen LogP contribution in [0.4, 0.5) is 5.88 Å². The molecule has 1 rings (SSSR count). The maximum atomic E-state index is 5.14. The second-order valence-electron chi connectivity index (χ2n) is 2.54. The zero-order chi connectivity index (χ0) is 8.43. The molecule has 0 saturated heterocycles. The molecule has 11 heavy (non-hydrogen) atoms. The summed E-state index contributed by atoms with van der Waals surface area (Å²) in [6.45, 7) is 7.61. The standard InChI is InChI=1S/C8H12N2O/c1-6(2)10(4)8-7(3)9-5-11-8/h5H,1H2,2-4H3. The van der Waals surface area contributed by atoms with Crippen molar-refractivity contribution in [2.75, 3.05) is 11.9 Å². The van der Waals surface area contributed by atoms with Crippen LogP contribution in [0.2, 0.25) is 0 Å². The first kappa shape index (κ1) is 7.85. The highest BCUT2D eigenvalue weighted by molar-refractivity contribution is 5.43. The largest absolute Gasteiger partial charge is 0.427 e. The Morgan fingerprint density at radius 3 is 2.73 bits per heavy atom. The van der Waals surface area contributed by atoms with Crippen molar-refractivity contribution >= 4 is 5.88 Å². The summed E-state index contributed by atoms with van der Waals surface area (Å²) in [5.74, 6) is 0.762. The van der Waals surface area contributed by atoms with Gasteiger partial charge in [-0.15, -0.1) is 0 Å². The summed E-state index contributed by atoms with van der Waals surface area (Å²) in [5, 5.41) is 0. The van der Waals surface area contributed by atoms with Gasteiger partial charge < -0.3 is 9.32 Å². The molecule has 0 atom stereocenters. The molecule has 0 spiro atoms. The molecule has 0 amide bonds. The van der Waals surface area contributed by atoms with Gasteiger partial charge in [-0.2, -0.15) is 0 Å². The van der Waals surface area contributed by atoms with E-state index in [9.17, 15) is 0 Å². The van der Waals surface area contributed by atoms with Gasteiger partial charge in [0.15, 0.2) is 6.39 Å². The molecule has 60 valence electrons. The van der Waals surface area contributed by atoms with Gasteiger partial charge in [0.05, 0.1) is 0 Å². The monoisotopic (exact) mass is 152 g/mol. The fraction of sp³-hybridized carbons (Fsp3) is 0.375. The summed E-state index contributed by atoms with van der Waals surface area (Å²) < 4.78 is 5.14. The molecule has 0 aromatic carbocycles. The Morgan fingerprint density at radius 1 is 1.73 bits per heavy atom. The molecule has 0 N–H and O–H groups in total. The van der Waals surface area contributed by atoms with E-state index in [4.69, 9.17) is 4.42 Å². The minimum Gasteiger partial charge on any atom is -0.427 e. The lowest BCUT2D eigenvalue weighted by Gasteiger charge is -2.14. The number of allylic oxidation sites excluding steroid dienone is 1. The Labute approximate surface area is 66.3 Å². The van der Waals surface area contributed by atoms with Crippen molar-refractivity contribution in [3.05, 3.63) is 24.4 Å². The smallest absolute Gasteiger partial charge is 0.222 e. The van der Waals surface area contributed by atoms with Crippen LogP contribution in [0.15, 0.2) is 23.1 Å². The molecular weight excluding hydrogens is 140 g/mol. The van der Waals surface area contributed by atoms with Crippen molar-refractivity contribution in [1.29, 1.82) is 0 Å². The lowest BCUT2D eigenvalue weighted by Crippen LogP contribution is -2.13. The SMILES string of the molecule is C=C(C)N(C)c1ocnc1C. The van der Waals surface area contributed by atoms with Crippen molar-refractivity contribution in [2.24, 2.45) is 0 Å². The summed E-state index contributed by atoms with van der Waals surface area (Å²) in [6, 6.07) is 0. The zero-order valence-corrected chi connectivity index (χ0v) is 7.09. The third-order valence-electron chi connectivity index (χ3n) is 1.60. The normalized spacial score (nSPS) is 9.73. The molecule has 0 fully saturated rings. The Hall–Kier alpha value is -1.25. The van der Waals surface area contributed by atoms with Gasteiger partial charge in [0.1, 0.15) is 5.69 Å². The van der Waals surface area contributed by atoms with Gasteiger partial charge >= 0.3 is 0 Å². The Kier molecular flexibility index (Phi) is 1.98. The van der Waals surface area contributed by atoms with E-state index in [1.807, 2.05) is 25.8 Å². The van der Waals surface area contributed by atoms with Crippen LogP contribution in [0, 0.1) is 6.92 Å². The predicted octanol–water partition coefficient (Wildman–Crippen LogP) is 1.95. The summed E-state index contributed by atoms with van der Waals surface area (Å²) in [4.78, 5) is 5.83. The highest BCUT2D eigenvalue weighted by atomic mass is 16.4. The van der Waals surface area contributed by atoms with E-state index in [2.05, 4.69) is 11.6 Å². The molecule has 0 aliphatic carbocycles. The molecule has 0 aliphatic heterocycles. The number of aromatic nitrogens is 1. The second-order valence-corrected chi connectivity index (χ2v) is 2.54. The molecule has 0 saturated carbocycles. The maximum absolute atomic E-state index is 5.14. The first-order valence-electron chi connectivity index (χ1n) is 3.42. The van der Waals surface area contributed by atoms with Crippen LogP contribution in [0.5, 0.6) is 0 Å². The minimum absolute atomic E-state index is 0.762. The predicted molar refractivity (Wildman–Crippen MR) is 44.5 cm³/mol. The van der Waals surface area contributed by atoms with Gasteiger partial charge in [-0.1, -0.05) is 6.58 Å². The number of hydrogen-bond acceptors (Lipinski definition) is 3.